The fourth-order valence-electron chi connectivity index (χ4n) is 3.38. The van der Waals surface area contributed by atoms with Gasteiger partial charge in [0.15, 0.2) is 0 Å². The van der Waals surface area contributed by atoms with Crippen LogP contribution in [0.5, 0.6) is 0 Å². The van der Waals surface area contributed by atoms with Gasteiger partial charge in [0.25, 0.3) is 0 Å². The maximum atomic E-state index is 12.2. The third-order valence-corrected chi connectivity index (χ3v) is 5.79. The predicted molar refractivity (Wildman–Crippen MR) is 97.3 cm³/mol. The Morgan fingerprint density at radius 1 is 1.12 bits per heavy atom. The van der Waals surface area contributed by atoms with Gasteiger partial charge in [0.1, 0.15) is 0 Å². The summed E-state index contributed by atoms with van der Waals surface area (Å²) in [6.07, 6.45) is 4.47. The highest BCUT2D eigenvalue weighted by Gasteiger charge is 2.37. The number of amides is 2. The van der Waals surface area contributed by atoms with E-state index in [9.17, 15) is 9.59 Å². The van der Waals surface area contributed by atoms with E-state index in [1.54, 1.807) is 17.4 Å². The molecule has 0 atom stereocenters. The van der Waals surface area contributed by atoms with Gasteiger partial charge in [0, 0.05) is 22.5 Å². The number of rotatable bonds is 4. The first kappa shape index (κ1) is 16.7. The molecule has 1 aromatic carbocycles. The third-order valence-electron chi connectivity index (χ3n) is 4.67. The lowest BCUT2D eigenvalue weighted by molar-refractivity contribution is -0.136. The first-order valence-electron chi connectivity index (χ1n) is 8.29. The lowest BCUT2D eigenvalue weighted by atomic mass is 9.84. The van der Waals surface area contributed by atoms with E-state index in [4.69, 9.17) is 0 Å². The topological polar surface area (TPSA) is 58.2 Å². The number of aryl methyl sites for hydroxylation is 1. The van der Waals surface area contributed by atoms with E-state index >= 15 is 0 Å². The third kappa shape index (κ3) is 3.67. The van der Waals surface area contributed by atoms with Gasteiger partial charge in [-0.3, -0.25) is 9.59 Å². The van der Waals surface area contributed by atoms with Crippen LogP contribution in [-0.2, 0) is 15.0 Å². The first-order valence-corrected chi connectivity index (χ1v) is 9.17. The van der Waals surface area contributed by atoms with Gasteiger partial charge in [0.2, 0.25) is 0 Å². The van der Waals surface area contributed by atoms with Crippen LogP contribution in [0.3, 0.4) is 0 Å². The summed E-state index contributed by atoms with van der Waals surface area (Å²) >= 11 is 1.73. The number of benzene rings is 1. The minimum absolute atomic E-state index is 0.00651. The highest BCUT2D eigenvalue weighted by atomic mass is 32.1. The highest BCUT2D eigenvalue weighted by Crippen LogP contribution is 2.42. The van der Waals surface area contributed by atoms with Gasteiger partial charge < -0.3 is 10.6 Å². The summed E-state index contributed by atoms with van der Waals surface area (Å²) in [5.41, 5.74) is 1.67. The quantitative estimate of drug-likeness (QED) is 0.834. The molecular formula is C19H22N2O2S. The van der Waals surface area contributed by atoms with Gasteiger partial charge in [-0.25, -0.2) is 0 Å². The van der Waals surface area contributed by atoms with E-state index < -0.39 is 11.8 Å². The molecule has 2 aromatic rings. The lowest BCUT2D eigenvalue weighted by Gasteiger charge is -2.28. The summed E-state index contributed by atoms with van der Waals surface area (Å²) in [5.74, 6) is -1.18. The number of thiophene rings is 1. The van der Waals surface area contributed by atoms with Crippen molar-refractivity contribution >= 4 is 28.8 Å². The molecule has 4 nitrogen and oxygen atoms in total. The molecule has 0 radical (unpaired) electrons. The van der Waals surface area contributed by atoms with Gasteiger partial charge in [0.05, 0.1) is 0 Å². The Labute approximate surface area is 146 Å². The van der Waals surface area contributed by atoms with Crippen LogP contribution in [0.15, 0.2) is 41.8 Å². The summed E-state index contributed by atoms with van der Waals surface area (Å²) in [5, 5.41) is 7.57. The number of hydrogen-bond donors (Lipinski definition) is 2. The van der Waals surface area contributed by atoms with Crippen LogP contribution in [0.4, 0.5) is 5.69 Å². The summed E-state index contributed by atoms with van der Waals surface area (Å²) in [6, 6.07) is 11.6. The van der Waals surface area contributed by atoms with Crippen LogP contribution in [0.25, 0.3) is 0 Å². The highest BCUT2D eigenvalue weighted by molar-refractivity contribution is 7.10. The van der Waals surface area contributed by atoms with Crippen LogP contribution in [-0.4, -0.2) is 18.4 Å². The van der Waals surface area contributed by atoms with Crippen molar-refractivity contribution in [3.8, 4) is 0 Å². The van der Waals surface area contributed by atoms with Crippen LogP contribution < -0.4 is 10.6 Å². The fourth-order valence-corrected chi connectivity index (χ4v) is 4.37. The maximum absolute atomic E-state index is 12.2. The van der Waals surface area contributed by atoms with Crippen molar-refractivity contribution in [3.63, 3.8) is 0 Å². The molecule has 0 aliphatic heterocycles. The molecule has 1 aliphatic rings. The largest absolute Gasteiger partial charge is 0.347 e. The Hall–Kier alpha value is -2.14. The number of anilines is 1. The molecule has 3 rings (SSSR count). The van der Waals surface area contributed by atoms with Crippen LogP contribution in [0.2, 0.25) is 0 Å². The Balaban J connectivity index is 1.61. The van der Waals surface area contributed by atoms with Gasteiger partial charge in [-0.15, -0.1) is 11.3 Å². The molecule has 126 valence electrons. The molecule has 1 saturated carbocycles. The van der Waals surface area contributed by atoms with Gasteiger partial charge in [-0.05, 0) is 48.9 Å². The zero-order chi connectivity index (χ0) is 17.0. The molecule has 0 bridgehead atoms. The second kappa shape index (κ2) is 7.18. The Morgan fingerprint density at radius 2 is 1.92 bits per heavy atom. The molecule has 0 spiro atoms. The summed E-state index contributed by atoms with van der Waals surface area (Å²) in [4.78, 5) is 25.6. The van der Waals surface area contributed by atoms with Crippen molar-refractivity contribution in [2.24, 2.45) is 0 Å². The number of nitrogens with one attached hydrogen (secondary N) is 2. The van der Waals surface area contributed by atoms with Crippen molar-refractivity contribution in [2.45, 2.75) is 38.0 Å². The van der Waals surface area contributed by atoms with Gasteiger partial charge in [-0.2, -0.15) is 0 Å². The van der Waals surface area contributed by atoms with E-state index in [1.807, 2.05) is 31.2 Å². The molecule has 0 saturated heterocycles. The molecule has 5 heteroatoms. The lowest BCUT2D eigenvalue weighted by Crippen LogP contribution is -2.43. The summed E-state index contributed by atoms with van der Waals surface area (Å²) in [7, 11) is 0. The van der Waals surface area contributed by atoms with E-state index in [2.05, 4.69) is 22.1 Å². The fraction of sp³-hybridized carbons (Fsp3) is 0.368. The SMILES string of the molecule is Cc1cccc(NC(=O)C(=O)NCC2(c3cccs3)CCCC2)c1. The zero-order valence-electron chi connectivity index (χ0n) is 13.8. The van der Waals surface area contributed by atoms with Crippen LogP contribution >= 0.6 is 11.3 Å². The van der Waals surface area contributed by atoms with E-state index in [0.717, 1.165) is 18.4 Å². The number of carbonyl (C=O) groups excluding carboxylic acids is 2. The first-order chi connectivity index (χ1) is 11.6. The van der Waals surface area contributed by atoms with Crippen LogP contribution in [0.1, 0.15) is 36.1 Å². The average Bonchev–Trinajstić information content (AvgIpc) is 3.24. The molecule has 2 amide bonds. The van der Waals surface area contributed by atoms with Crippen molar-refractivity contribution in [1.29, 1.82) is 0 Å². The monoisotopic (exact) mass is 342 g/mol. The Bertz CT molecular complexity index is 719. The molecule has 2 N–H and O–H groups in total. The number of hydrogen-bond acceptors (Lipinski definition) is 3. The van der Waals surface area contributed by atoms with Crippen molar-refractivity contribution in [1.82, 2.24) is 5.32 Å². The van der Waals surface area contributed by atoms with Gasteiger partial charge in [-0.1, -0.05) is 31.0 Å². The molecule has 1 heterocycles. The predicted octanol–water partition coefficient (Wildman–Crippen LogP) is 3.62. The van der Waals surface area contributed by atoms with E-state index in [1.165, 1.54) is 17.7 Å². The minimum Gasteiger partial charge on any atom is -0.347 e. The smallest absolute Gasteiger partial charge is 0.313 e. The Morgan fingerprint density at radius 3 is 2.58 bits per heavy atom. The van der Waals surface area contributed by atoms with E-state index in [0.29, 0.717) is 12.2 Å². The van der Waals surface area contributed by atoms with E-state index in [-0.39, 0.29) is 5.41 Å². The molecule has 1 aliphatic carbocycles. The summed E-state index contributed by atoms with van der Waals surface area (Å²) in [6.45, 7) is 2.47. The van der Waals surface area contributed by atoms with Crippen LogP contribution in [0, 0.1) is 6.92 Å². The van der Waals surface area contributed by atoms with Gasteiger partial charge >= 0.3 is 11.8 Å². The maximum Gasteiger partial charge on any atom is 0.313 e. The second-order valence-electron chi connectivity index (χ2n) is 6.47. The zero-order valence-corrected chi connectivity index (χ0v) is 14.6. The molecular weight excluding hydrogens is 320 g/mol. The van der Waals surface area contributed by atoms with Crippen molar-refractivity contribution in [3.05, 3.63) is 52.2 Å². The number of carbonyl (C=O) groups is 2. The second-order valence-corrected chi connectivity index (χ2v) is 7.42. The molecule has 24 heavy (non-hydrogen) atoms. The molecule has 1 aromatic heterocycles. The minimum atomic E-state index is -0.611. The standard InChI is InChI=1S/C19H22N2O2S/c1-14-6-4-7-15(12-14)21-18(23)17(22)20-13-19(9-2-3-10-19)16-8-5-11-24-16/h4-8,11-12H,2-3,9-10,13H2,1H3,(H,20,22)(H,21,23). The Kier molecular flexibility index (Phi) is 5.00. The normalized spacial score (nSPS) is 15.9. The average molecular weight is 342 g/mol. The molecule has 1 fully saturated rings. The summed E-state index contributed by atoms with van der Waals surface area (Å²) < 4.78 is 0. The van der Waals surface area contributed by atoms with Crippen molar-refractivity contribution in [2.75, 3.05) is 11.9 Å². The molecule has 0 unspecified atom stereocenters. The van der Waals surface area contributed by atoms with Crippen molar-refractivity contribution < 1.29 is 9.59 Å².